The van der Waals surface area contributed by atoms with Crippen molar-refractivity contribution >= 4 is 17.5 Å². The van der Waals surface area contributed by atoms with Crippen LogP contribution in [0.5, 0.6) is 5.88 Å². The van der Waals surface area contributed by atoms with Gasteiger partial charge in [0.25, 0.3) is 5.91 Å². The summed E-state index contributed by atoms with van der Waals surface area (Å²) in [4.78, 5) is 15.9. The van der Waals surface area contributed by atoms with E-state index >= 15 is 0 Å². The zero-order valence-electron chi connectivity index (χ0n) is 10.7. The quantitative estimate of drug-likeness (QED) is 0.943. The van der Waals surface area contributed by atoms with Crippen LogP contribution in [0, 0.1) is 5.82 Å². The van der Waals surface area contributed by atoms with E-state index in [1.54, 1.807) is 18.3 Å². The molecule has 6 heteroatoms. The molecule has 1 aromatic heterocycles. The lowest BCUT2D eigenvalue weighted by Crippen LogP contribution is -2.24. The molecule has 0 saturated carbocycles. The van der Waals surface area contributed by atoms with Gasteiger partial charge in [-0.05, 0) is 24.3 Å². The van der Waals surface area contributed by atoms with Gasteiger partial charge in [-0.2, -0.15) is 0 Å². The van der Waals surface area contributed by atoms with Crippen LogP contribution in [0.25, 0.3) is 0 Å². The van der Waals surface area contributed by atoms with Gasteiger partial charge in [0.2, 0.25) is 5.88 Å². The van der Waals surface area contributed by atoms with Crippen LogP contribution in [0.1, 0.15) is 15.9 Å². The maximum absolute atomic E-state index is 13.5. The van der Waals surface area contributed by atoms with E-state index in [0.29, 0.717) is 16.5 Å². The number of hydrogen-bond donors (Lipinski definition) is 1. The van der Waals surface area contributed by atoms with Crippen LogP contribution in [0.3, 0.4) is 0 Å². The van der Waals surface area contributed by atoms with Crippen molar-refractivity contribution in [2.45, 2.75) is 6.54 Å². The second-order valence-corrected chi connectivity index (χ2v) is 4.42. The van der Waals surface area contributed by atoms with Crippen molar-refractivity contribution in [3.05, 3.63) is 58.5 Å². The number of ether oxygens (including phenoxy) is 1. The molecule has 0 atom stereocenters. The van der Waals surface area contributed by atoms with Crippen LogP contribution in [-0.4, -0.2) is 18.0 Å². The van der Waals surface area contributed by atoms with Crippen LogP contribution in [0.15, 0.2) is 36.5 Å². The number of nitrogens with one attached hydrogen (secondary N) is 1. The molecule has 0 saturated heterocycles. The lowest BCUT2D eigenvalue weighted by atomic mass is 10.2. The topological polar surface area (TPSA) is 51.2 Å². The highest BCUT2D eigenvalue weighted by Crippen LogP contribution is 2.16. The van der Waals surface area contributed by atoms with E-state index in [1.165, 1.54) is 19.2 Å². The molecule has 0 spiro atoms. The van der Waals surface area contributed by atoms with E-state index in [-0.39, 0.29) is 12.1 Å². The second kappa shape index (κ2) is 6.34. The van der Waals surface area contributed by atoms with Crippen molar-refractivity contribution in [2.75, 3.05) is 7.11 Å². The van der Waals surface area contributed by atoms with Crippen molar-refractivity contribution in [3.8, 4) is 5.88 Å². The number of carbonyl (C=O) groups excluding carboxylic acids is 1. The fraction of sp³-hybridized carbons (Fsp3) is 0.143. The van der Waals surface area contributed by atoms with Crippen LogP contribution < -0.4 is 10.1 Å². The first-order valence-electron chi connectivity index (χ1n) is 5.83. The molecule has 0 aliphatic rings. The molecule has 2 rings (SSSR count). The van der Waals surface area contributed by atoms with Crippen LogP contribution in [-0.2, 0) is 6.54 Å². The molecular formula is C14H12ClFN2O2. The molecule has 0 aliphatic carbocycles. The van der Waals surface area contributed by atoms with Crippen molar-refractivity contribution in [2.24, 2.45) is 0 Å². The normalized spacial score (nSPS) is 10.2. The highest BCUT2D eigenvalue weighted by atomic mass is 35.5. The van der Waals surface area contributed by atoms with Crippen LogP contribution >= 0.6 is 11.6 Å². The molecule has 104 valence electrons. The van der Waals surface area contributed by atoms with Crippen molar-refractivity contribution in [1.29, 1.82) is 0 Å². The Morgan fingerprint density at radius 2 is 2.25 bits per heavy atom. The Hall–Kier alpha value is -2.14. The Balaban J connectivity index is 2.11. The number of carbonyl (C=O) groups is 1. The lowest BCUT2D eigenvalue weighted by Gasteiger charge is -2.09. The summed E-state index contributed by atoms with van der Waals surface area (Å²) in [7, 11) is 1.49. The highest BCUT2D eigenvalue weighted by molar-refractivity contribution is 6.30. The first-order valence-corrected chi connectivity index (χ1v) is 6.20. The second-order valence-electron chi connectivity index (χ2n) is 3.98. The van der Waals surface area contributed by atoms with Gasteiger partial charge in [-0.25, -0.2) is 9.37 Å². The van der Waals surface area contributed by atoms with Gasteiger partial charge in [0.15, 0.2) is 0 Å². The third-order valence-corrected chi connectivity index (χ3v) is 2.89. The van der Waals surface area contributed by atoms with Gasteiger partial charge in [0.05, 0.1) is 12.7 Å². The molecule has 1 N–H and O–H groups in total. The summed E-state index contributed by atoms with van der Waals surface area (Å²) in [6, 6.07) is 7.32. The summed E-state index contributed by atoms with van der Waals surface area (Å²) in [6.45, 7) is 0.182. The molecule has 1 aromatic carbocycles. The van der Waals surface area contributed by atoms with Crippen molar-refractivity contribution in [3.63, 3.8) is 0 Å². The Morgan fingerprint density at radius 1 is 1.45 bits per heavy atom. The smallest absolute Gasteiger partial charge is 0.254 e. The molecule has 0 bridgehead atoms. The number of nitrogens with zero attached hydrogens (tertiary/aromatic N) is 1. The molecule has 0 radical (unpaired) electrons. The van der Waals surface area contributed by atoms with E-state index in [0.717, 1.165) is 6.07 Å². The van der Waals surface area contributed by atoms with E-state index in [4.69, 9.17) is 16.3 Å². The number of rotatable bonds is 4. The van der Waals surface area contributed by atoms with Gasteiger partial charge in [0, 0.05) is 23.3 Å². The largest absolute Gasteiger partial charge is 0.481 e. The van der Waals surface area contributed by atoms with Crippen molar-refractivity contribution < 1.29 is 13.9 Å². The molecular weight excluding hydrogens is 283 g/mol. The molecule has 0 aliphatic heterocycles. The number of benzene rings is 1. The first kappa shape index (κ1) is 14.3. The fourth-order valence-electron chi connectivity index (χ4n) is 1.68. The highest BCUT2D eigenvalue weighted by Gasteiger charge is 2.13. The minimum atomic E-state index is -0.620. The molecule has 20 heavy (non-hydrogen) atoms. The maximum atomic E-state index is 13.5. The third-order valence-electron chi connectivity index (χ3n) is 2.66. The Bertz CT molecular complexity index is 634. The maximum Gasteiger partial charge on any atom is 0.254 e. The fourth-order valence-corrected chi connectivity index (χ4v) is 1.86. The van der Waals surface area contributed by atoms with E-state index < -0.39 is 11.7 Å². The summed E-state index contributed by atoms with van der Waals surface area (Å²) in [5, 5.41) is 2.90. The van der Waals surface area contributed by atoms with Crippen LogP contribution in [0.4, 0.5) is 4.39 Å². The van der Waals surface area contributed by atoms with Crippen molar-refractivity contribution in [1.82, 2.24) is 10.3 Å². The number of aromatic nitrogens is 1. The zero-order valence-corrected chi connectivity index (χ0v) is 11.4. The first-order chi connectivity index (χ1) is 9.61. The SMILES string of the molecule is COc1ncccc1CNC(=O)c1cc(Cl)ccc1F. The van der Waals surface area contributed by atoms with Gasteiger partial charge >= 0.3 is 0 Å². The number of hydrogen-bond acceptors (Lipinski definition) is 3. The number of halogens is 2. The number of pyridine rings is 1. The number of amides is 1. The Labute approximate surface area is 120 Å². The monoisotopic (exact) mass is 294 g/mol. The summed E-state index contributed by atoms with van der Waals surface area (Å²) >= 11 is 5.75. The molecule has 4 nitrogen and oxygen atoms in total. The standard InChI is InChI=1S/C14H12ClFN2O2/c1-20-14-9(3-2-6-17-14)8-18-13(19)11-7-10(15)4-5-12(11)16/h2-7H,8H2,1H3,(H,18,19). The molecule has 2 aromatic rings. The summed E-state index contributed by atoms with van der Waals surface area (Å²) in [5.41, 5.74) is 0.603. The number of methoxy groups -OCH3 is 1. The summed E-state index contributed by atoms with van der Waals surface area (Å²) in [6.07, 6.45) is 1.58. The van der Waals surface area contributed by atoms with Gasteiger partial charge in [-0.1, -0.05) is 17.7 Å². The molecule has 1 amide bonds. The molecule has 1 heterocycles. The van der Waals surface area contributed by atoms with Crippen LogP contribution in [0.2, 0.25) is 5.02 Å². The Kier molecular flexibility index (Phi) is 4.53. The van der Waals surface area contributed by atoms with Gasteiger partial charge in [0.1, 0.15) is 5.82 Å². The van der Waals surface area contributed by atoms with E-state index in [9.17, 15) is 9.18 Å². The lowest BCUT2D eigenvalue weighted by molar-refractivity contribution is 0.0946. The predicted molar refractivity (Wildman–Crippen MR) is 73.4 cm³/mol. The van der Waals surface area contributed by atoms with Gasteiger partial charge in [-0.3, -0.25) is 4.79 Å². The van der Waals surface area contributed by atoms with Gasteiger partial charge < -0.3 is 10.1 Å². The molecule has 0 unspecified atom stereocenters. The average Bonchev–Trinajstić information content (AvgIpc) is 2.47. The average molecular weight is 295 g/mol. The zero-order chi connectivity index (χ0) is 14.5. The minimum absolute atomic E-state index is 0.0969. The molecule has 0 fully saturated rings. The van der Waals surface area contributed by atoms with E-state index in [1.807, 2.05) is 0 Å². The summed E-state index contributed by atoms with van der Waals surface area (Å²) < 4.78 is 18.6. The van der Waals surface area contributed by atoms with E-state index in [2.05, 4.69) is 10.3 Å². The minimum Gasteiger partial charge on any atom is -0.481 e. The third kappa shape index (κ3) is 3.24. The summed E-state index contributed by atoms with van der Waals surface area (Å²) in [5.74, 6) is -0.750. The predicted octanol–water partition coefficient (Wildman–Crippen LogP) is 2.81. The van der Waals surface area contributed by atoms with Gasteiger partial charge in [-0.15, -0.1) is 0 Å². The Morgan fingerprint density at radius 3 is 3.00 bits per heavy atom.